The van der Waals surface area contributed by atoms with Crippen LogP contribution in [0.1, 0.15) is 5.56 Å². The highest BCUT2D eigenvalue weighted by atomic mass is 16.2. The van der Waals surface area contributed by atoms with Gasteiger partial charge in [-0.25, -0.2) is 10.2 Å². The van der Waals surface area contributed by atoms with E-state index >= 15 is 0 Å². The first kappa shape index (κ1) is 13.5. The van der Waals surface area contributed by atoms with Crippen molar-refractivity contribution in [1.82, 2.24) is 5.43 Å². The molecule has 4 heteroatoms. The van der Waals surface area contributed by atoms with E-state index in [4.69, 9.17) is 0 Å². The molecule has 2 aromatic rings. The highest BCUT2D eigenvalue weighted by Crippen LogP contribution is 2.04. The van der Waals surface area contributed by atoms with Crippen LogP contribution >= 0.6 is 0 Å². The Labute approximate surface area is 117 Å². The zero-order valence-electron chi connectivity index (χ0n) is 10.9. The minimum Gasteiger partial charge on any atom is -0.307 e. The van der Waals surface area contributed by atoms with Gasteiger partial charge in [-0.3, -0.25) is 0 Å². The van der Waals surface area contributed by atoms with E-state index in [2.05, 4.69) is 15.8 Å². The van der Waals surface area contributed by atoms with Crippen LogP contribution < -0.4 is 10.7 Å². The summed E-state index contributed by atoms with van der Waals surface area (Å²) < 4.78 is 0. The van der Waals surface area contributed by atoms with Gasteiger partial charge in [-0.05, 0) is 23.8 Å². The van der Waals surface area contributed by atoms with Crippen LogP contribution in [0.25, 0.3) is 6.08 Å². The molecule has 0 aromatic heterocycles. The summed E-state index contributed by atoms with van der Waals surface area (Å²) in [6, 6.07) is 18.7. The summed E-state index contributed by atoms with van der Waals surface area (Å²) >= 11 is 0. The second-order valence-corrected chi connectivity index (χ2v) is 3.98. The van der Waals surface area contributed by atoms with E-state index in [1.54, 1.807) is 18.2 Å². The number of allylic oxidation sites excluding steroid dienone is 1. The predicted octanol–water partition coefficient (Wildman–Crippen LogP) is 3.51. The Balaban J connectivity index is 1.76. The lowest BCUT2D eigenvalue weighted by Crippen LogP contribution is -2.23. The number of urea groups is 1. The molecule has 100 valence electrons. The topological polar surface area (TPSA) is 53.5 Å². The average Bonchev–Trinajstić information content (AvgIpc) is 2.49. The number of hydrogen-bond donors (Lipinski definition) is 2. The molecule has 2 rings (SSSR count). The number of anilines is 1. The van der Waals surface area contributed by atoms with Crippen LogP contribution in [-0.4, -0.2) is 12.2 Å². The fraction of sp³-hybridized carbons (Fsp3) is 0. The van der Waals surface area contributed by atoms with Gasteiger partial charge in [0.25, 0.3) is 0 Å². The molecule has 2 amide bonds. The standard InChI is InChI=1S/C16H15N3O/c20-16(18-15-11-5-2-6-12-15)19-17-13-7-10-14-8-3-1-4-9-14/h1-13H,(H2,18,19,20)/b10-7+,17-13-. The molecule has 0 heterocycles. The molecule has 0 fully saturated rings. The van der Waals surface area contributed by atoms with Crippen molar-refractivity contribution in [3.63, 3.8) is 0 Å². The van der Waals surface area contributed by atoms with Crippen molar-refractivity contribution in [1.29, 1.82) is 0 Å². The summed E-state index contributed by atoms with van der Waals surface area (Å²) in [7, 11) is 0. The van der Waals surface area contributed by atoms with Crippen molar-refractivity contribution in [2.24, 2.45) is 5.10 Å². The Hall–Kier alpha value is -2.88. The normalized spacial score (nSPS) is 10.8. The molecule has 0 aliphatic carbocycles. The molecule has 0 unspecified atom stereocenters. The zero-order chi connectivity index (χ0) is 14.0. The van der Waals surface area contributed by atoms with Crippen LogP contribution in [-0.2, 0) is 0 Å². The third-order valence-corrected chi connectivity index (χ3v) is 2.45. The van der Waals surface area contributed by atoms with E-state index in [0.717, 1.165) is 11.3 Å². The number of rotatable bonds is 4. The largest absolute Gasteiger partial charge is 0.339 e. The van der Waals surface area contributed by atoms with Gasteiger partial charge in [0.2, 0.25) is 0 Å². The van der Waals surface area contributed by atoms with Gasteiger partial charge >= 0.3 is 6.03 Å². The van der Waals surface area contributed by atoms with Gasteiger partial charge in [-0.1, -0.05) is 54.6 Å². The number of nitrogens with zero attached hydrogens (tertiary/aromatic N) is 1. The first-order valence-corrected chi connectivity index (χ1v) is 6.21. The predicted molar refractivity (Wildman–Crippen MR) is 82.6 cm³/mol. The minimum absolute atomic E-state index is 0.374. The van der Waals surface area contributed by atoms with E-state index in [-0.39, 0.29) is 6.03 Å². The molecular weight excluding hydrogens is 250 g/mol. The Bertz CT molecular complexity index is 592. The van der Waals surface area contributed by atoms with Gasteiger partial charge in [0.1, 0.15) is 0 Å². The molecule has 0 atom stereocenters. The second kappa shape index (κ2) is 7.53. The maximum Gasteiger partial charge on any atom is 0.339 e. The number of hydrazone groups is 1. The SMILES string of the molecule is O=C(N/N=C\C=C\c1ccccc1)Nc1ccccc1. The summed E-state index contributed by atoms with van der Waals surface area (Å²) in [5.41, 5.74) is 4.18. The number of benzene rings is 2. The van der Waals surface area contributed by atoms with Crippen molar-refractivity contribution in [2.45, 2.75) is 0 Å². The highest BCUT2D eigenvalue weighted by Gasteiger charge is 1.97. The average molecular weight is 265 g/mol. The van der Waals surface area contributed by atoms with Crippen molar-refractivity contribution in [2.75, 3.05) is 5.32 Å². The first-order chi connectivity index (χ1) is 9.84. The van der Waals surface area contributed by atoms with E-state index in [9.17, 15) is 4.79 Å². The molecule has 2 aromatic carbocycles. The van der Waals surface area contributed by atoms with Crippen molar-refractivity contribution < 1.29 is 4.79 Å². The monoisotopic (exact) mass is 265 g/mol. The van der Waals surface area contributed by atoms with E-state index < -0.39 is 0 Å². The number of amides is 2. The van der Waals surface area contributed by atoms with Gasteiger partial charge < -0.3 is 5.32 Å². The van der Waals surface area contributed by atoms with E-state index in [1.165, 1.54) is 6.21 Å². The van der Waals surface area contributed by atoms with Gasteiger partial charge in [0.05, 0.1) is 0 Å². The molecule has 0 saturated heterocycles. The number of hydrogen-bond acceptors (Lipinski definition) is 2. The highest BCUT2D eigenvalue weighted by molar-refractivity contribution is 5.90. The van der Waals surface area contributed by atoms with E-state index in [0.29, 0.717) is 0 Å². The van der Waals surface area contributed by atoms with Gasteiger partial charge in [0, 0.05) is 11.9 Å². The third-order valence-electron chi connectivity index (χ3n) is 2.45. The third kappa shape index (κ3) is 4.78. The second-order valence-electron chi connectivity index (χ2n) is 3.98. The van der Waals surface area contributed by atoms with Crippen LogP contribution in [0.15, 0.2) is 71.8 Å². The molecule has 0 spiro atoms. The van der Waals surface area contributed by atoms with Crippen LogP contribution in [0, 0.1) is 0 Å². The van der Waals surface area contributed by atoms with Crippen LogP contribution in [0.4, 0.5) is 10.5 Å². The molecule has 0 aliphatic heterocycles. The van der Waals surface area contributed by atoms with E-state index in [1.807, 2.05) is 54.6 Å². The lowest BCUT2D eigenvalue weighted by atomic mass is 10.2. The van der Waals surface area contributed by atoms with Gasteiger partial charge in [-0.15, -0.1) is 0 Å². The van der Waals surface area contributed by atoms with Crippen LogP contribution in [0.3, 0.4) is 0 Å². The summed E-state index contributed by atoms with van der Waals surface area (Å²) in [6.07, 6.45) is 5.19. The minimum atomic E-state index is -0.374. The maximum atomic E-state index is 11.5. The molecule has 4 nitrogen and oxygen atoms in total. The lowest BCUT2D eigenvalue weighted by molar-refractivity contribution is 0.252. The summed E-state index contributed by atoms with van der Waals surface area (Å²) in [4.78, 5) is 11.5. The molecule has 20 heavy (non-hydrogen) atoms. The van der Waals surface area contributed by atoms with Crippen molar-refractivity contribution in [3.8, 4) is 0 Å². The smallest absolute Gasteiger partial charge is 0.307 e. The maximum absolute atomic E-state index is 11.5. The molecule has 0 saturated carbocycles. The Morgan fingerprint density at radius 3 is 2.30 bits per heavy atom. The first-order valence-electron chi connectivity index (χ1n) is 6.21. The fourth-order valence-electron chi connectivity index (χ4n) is 1.54. The zero-order valence-corrected chi connectivity index (χ0v) is 10.9. The quantitative estimate of drug-likeness (QED) is 0.645. The number of carbonyl (C=O) groups is 1. The van der Waals surface area contributed by atoms with Gasteiger partial charge in [0.15, 0.2) is 0 Å². The Morgan fingerprint density at radius 2 is 1.60 bits per heavy atom. The lowest BCUT2D eigenvalue weighted by Gasteiger charge is -2.02. The van der Waals surface area contributed by atoms with Crippen molar-refractivity contribution in [3.05, 3.63) is 72.3 Å². The Morgan fingerprint density at radius 1 is 0.950 bits per heavy atom. The fourth-order valence-corrected chi connectivity index (χ4v) is 1.54. The number of carbonyl (C=O) groups excluding carboxylic acids is 1. The summed E-state index contributed by atoms with van der Waals surface area (Å²) in [5.74, 6) is 0. The molecule has 0 radical (unpaired) electrons. The van der Waals surface area contributed by atoms with Crippen LogP contribution in [0.5, 0.6) is 0 Å². The summed E-state index contributed by atoms with van der Waals surface area (Å²) in [6.45, 7) is 0. The van der Waals surface area contributed by atoms with Gasteiger partial charge in [-0.2, -0.15) is 5.10 Å². The molecular formula is C16H15N3O. The number of nitrogens with one attached hydrogen (secondary N) is 2. The van der Waals surface area contributed by atoms with Crippen LogP contribution in [0.2, 0.25) is 0 Å². The molecule has 0 bridgehead atoms. The molecule has 2 N–H and O–H groups in total. The molecule has 0 aliphatic rings. The summed E-state index contributed by atoms with van der Waals surface area (Å²) in [5, 5.41) is 6.47. The Kier molecular flexibility index (Phi) is 5.10. The van der Waals surface area contributed by atoms with Crippen molar-refractivity contribution >= 4 is 24.0 Å². The number of para-hydroxylation sites is 1.